The molecule has 0 unspecified atom stereocenters. The van der Waals surface area contributed by atoms with E-state index >= 15 is 0 Å². The zero-order valence-corrected chi connectivity index (χ0v) is 8.18. The van der Waals surface area contributed by atoms with Gasteiger partial charge in [-0.3, -0.25) is 0 Å². The summed E-state index contributed by atoms with van der Waals surface area (Å²) in [5.74, 6) is 0.677. The average Bonchev–Trinajstić information content (AvgIpc) is 2.11. The Bertz CT molecular complexity index is 88.6. The maximum absolute atomic E-state index is 8.54. The summed E-state index contributed by atoms with van der Waals surface area (Å²) in [6, 6.07) is 0. The predicted octanol–water partition coefficient (Wildman–Crippen LogP) is 0.631. The van der Waals surface area contributed by atoms with Gasteiger partial charge < -0.3 is 15.2 Å². The van der Waals surface area contributed by atoms with Crippen molar-refractivity contribution in [2.75, 3.05) is 33.4 Å². The van der Waals surface area contributed by atoms with Crippen LogP contribution >= 0.6 is 0 Å². The van der Waals surface area contributed by atoms with Gasteiger partial charge in [-0.25, -0.2) is 0 Å². The van der Waals surface area contributed by atoms with Crippen molar-refractivity contribution < 1.29 is 9.84 Å². The normalized spacial score (nSPS) is 13.2. The van der Waals surface area contributed by atoms with Crippen molar-refractivity contribution in [1.82, 2.24) is 5.32 Å². The zero-order chi connectivity index (χ0) is 9.23. The molecular formula is C9H21NO2. The fourth-order valence-electron chi connectivity index (χ4n) is 1.12. The molecule has 0 aromatic carbocycles. The number of aliphatic hydroxyl groups excluding tert-OH is 1. The Balaban J connectivity index is 3.26. The SMILES string of the molecule is CC[C@H](CCOC)CNCCO. The molecule has 0 fully saturated rings. The molecule has 0 heterocycles. The Kier molecular flexibility index (Phi) is 8.88. The summed E-state index contributed by atoms with van der Waals surface area (Å²) >= 11 is 0. The lowest BCUT2D eigenvalue weighted by Crippen LogP contribution is -2.26. The highest BCUT2D eigenvalue weighted by Crippen LogP contribution is 2.05. The minimum atomic E-state index is 0.223. The lowest BCUT2D eigenvalue weighted by Gasteiger charge is -2.14. The summed E-state index contributed by atoms with van der Waals surface area (Å²) in [6.07, 6.45) is 2.27. The zero-order valence-electron chi connectivity index (χ0n) is 8.18. The van der Waals surface area contributed by atoms with Gasteiger partial charge in [0.15, 0.2) is 0 Å². The van der Waals surface area contributed by atoms with Crippen LogP contribution in [0.25, 0.3) is 0 Å². The van der Waals surface area contributed by atoms with E-state index < -0.39 is 0 Å². The van der Waals surface area contributed by atoms with Gasteiger partial charge in [0.25, 0.3) is 0 Å². The standard InChI is InChI=1S/C9H21NO2/c1-3-9(4-7-12-2)8-10-5-6-11/h9-11H,3-8H2,1-2H3/t9-/m1/s1. The smallest absolute Gasteiger partial charge is 0.0555 e. The van der Waals surface area contributed by atoms with Crippen LogP contribution in [0.15, 0.2) is 0 Å². The van der Waals surface area contributed by atoms with Crippen LogP contribution in [0.4, 0.5) is 0 Å². The lowest BCUT2D eigenvalue weighted by atomic mass is 10.0. The van der Waals surface area contributed by atoms with E-state index in [0.29, 0.717) is 12.5 Å². The highest BCUT2D eigenvalue weighted by atomic mass is 16.5. The summed E-state index contributed by atoms with van der Waals surface area (Å²) in [7, 11) is 1.73. The molecule has 3 nitrogen and oxygen atoms in total. The third-order valence-corrected chi connectivity index (χ3v) is 2.03. The molecule has 0 saturated carbocycles. The molecule has 2 N–H and O–H groups in total. The molecule has 0 rings (SSSR count). The fourth-order valence-corrected chi connectivity index (χ4v) is 1.12. The number of rotatable bonds is 8. The van der Waals surface area contributed by atoms with Crippen molar-refractivity contribution in [2.45, 2.75) is 19.8 Å². The first kappa shape index (κ1) is 11.9. The molecule has 3 heteroatoms. The van der Waals surface area contributed by atoms with Crippen LogP contribution in [0, 0.1) is 5.92 Å². The van der Waals surface area contributed by atoms with Gasteiger partial charge in [-0.05, 0) is 18.9 Å². The Morgan fingerprint density at radius 1 is 1.50 bits per heavy atom. The van der Waals surface area contributed by atoms with Crippen LogP contribution in [0.1, 0.15) is 19.8 Å². The largest absolute Gasteiger partial charge is 0.395 e. The number of nitrogens with one attached hydrogen (secondary N) is 1. The summed E-state index contributed by atoms with van der Waals surface area (Å²) in [5, 5.41) is 11.7. The molecule has 74 valence electrons. The maximum atomic E-state index is 8.54. The van der Waals surface area contributed by atoms with Crippen molar-refractivity contribution in [3.8, 4) is 0 Å². The van der Waals surface area contributed by atoms with Crippen LogP contribution in [0.2, 0.25) is 0 Å². The van der Waals surface area contributed by atoms with Gasteiger partial charge in [-0.2, -0.15) is 0 Å². The molecule has 0 amide bonds. The van der Waals surface area contributed by atoms with Crippen LogP contribution in [-0.4, -0.2) is 38.5 Å². The highest BCUT2D eigenvalue weighted by molar-refractivity contribution is 4.60. The predicted molar refractivity (Wildman–Crippen MR) is 50.2 cm³/mol. The van der Waals surface area contributed by atoms with E-state index in [1.807, 2.05) is 0 Å². The Hall–Kier alpha value is -0.120. The first-order chi connectivity index (χ1) is 5.85. The van der Waals surface area contributed by atoms with Gasteiger partial charge in [0, 0.05) is 20.3 Å². The fraction of sp³-hybridized carbons (Fsp3) is 1.00. The Morgan fingerprint density at radius 3 is 2.75 bits per heavy atom. The van der Waals surface area contributed by atoms with Crippen molar-refractivity contribution in [2.24, 2.45) is 5.92 Å². The molecule has 12 heavy (non-hydrogen) atoms. The van der Waals surface area contributed by atoms with Crippen molar-refractivity contribution >= 4 is 0 Å². The highest BCUT2D eigenvalue weighted by Gasteiger charge is 2.04. The number of hydrogen-bond acceptors (Lipinski definition) is 3. The molecule has 0 saturated heterocycles. The van der Waals surface area contributed by atoms with E-state index in [-0.39, 0.29) is 6.61 Å². The van der Waals surface area contributed by atoms with Crippen molar-refractivity contribution in [3.63, 3.8) is 0 Å². The first-order valence-electron chi connectivity index (χ1n) is 4.65. The Morgan fingerprint density at radius 2 is 2.25 bits per heavy atom. The second kappa shape index (κ2) is 8.97. The minimum absolute atomic E-state index is 0.223. The summed E-state index contributed by atoms with van der Waals surface area (Å²) in [5.41, 5.74) is 0. The van der Waals surface area contributed by atoms with Crippen molar-refractivity contribution in [3.05, 3.63) is 0 Å². The average molecular weight is 175 g/mol. The summed E-state index contributed by atoms with van der Waals surface area (Å²) in [4.78, 5) is 0. The molecule has 1 atom stereocenters. The van der Waals surface area contributed by atoms with Gasteiger partial charge in [0.1, 0.15) is 0 Å². The second-order valence-corrected chi connectivity index (χ2v) is 2.98. The number of methoxy groups -OCH3 is 1. The third-order valence-electron chi connectivity index (χ3n) is 2.03. The summed E-state index contributed by atoms with van der Waals surface area (Å²) < 4.78 is 5.00. The monoisotopic (exact) mass is 175 g/mol. The molecule has 0 aliphatic rings. The van der Waals surface area contributed by atoms with E-state index in [1.54, 1.807) is 7.11 Å². The first-order valence-corrected chi connectivity index (χ1v) is 4.65. The molecule has 0 aliphatic carbocycles. The van der Waals surface area contributed by atoms with Crippen LogP contribution in [0.3, 0.4) is 0 Å². The topological polar surface area (TPSA) is 41.5 Å². The van der Waals surface area contributed by atoms with E-state index in [0.717, 1.165) is 19.6 Å². The molecule has 0 aliphatic heterocycles. The molecule has 0 spiro atoms. The van der Waals surface area contributed by atoms with Gasteiger partial charge in [-0.15, -0.1) is 0 Å². The maximum Gasteiger partial charge on any atom is 0.0555 e. The Labute approximate surface area is 75.1 Å². The van der Waals surface area contributed by atoms with Crippen LogP contribution in [-0.2, 0) is 4.74 Å². The number of ether oxygens (including phenoxy) is 1. The molecule has 0 radical (unpaired) electrons. The quantitative estimate of drug-likeness (QED) is 0.532. The minimum Gasteiger partial charge on any atom is -0.395 e. The van der Waals surface area contributed by atoms with Gasteiger partial charge in [-0.1, -0.05) is 13.3 Å². The third kappa shape index (κ3) is 6.58. The van der Waals surface area contributed by atoms with Gasteiger partial charge in [0.05, 0.1) is 6.61 Å². The lowest BCUT2D eigenvalue weighted by molar-refractivity contribution is 0.174. The summed E-state index contributed by atoms with van der Waals surface area (Å²) in [6.45, 7) is 4.92. The molecule has 0 aromatic heterocycles. The van der Waals surface area contributed by atoms with Crippen molar-refractivity contribution in [1.29, 1.82) is 0 Å². The molecular weight excluding hydrogens is 154 g/mol. The number of aliphatic hydroxyl groups is 1. The van der Waals surface area contributed by atoms with Gasteiger partial charge in [0.2, 0.25) is 0 Å². The van der Waals surface area contributed by atoms with E-state index in [2.05, 4.69) is 12.2 Å². The molecule has 0 aromatic rings. The second-order valence-electron chi connectivity index (χ2n) is 2.98. The van der Waals surface area contributed by atoms with E-state index in [1.165, 1.54) is 6.42 Å². The van der Waals surface area contributed by atoms with E-state index in [4.69, 9.17) is 9.84 Å². The van der Waals surface area contributed by atoms with Crippen LogP contribution < -0.4 is 5.32 Å². The number of hydrogen-bond donors (Lipinski definition) is 2. The van der Waals surface area contributed by atoms with Crippen LogP contribution in [0.5, 0.6) is 0 Å². The molecule has 0 bridgehead atoms. The van der Waals surface area contributed by atoms with Gasteiger partial charge >= 0.3 is 0 Å². The van der Waals surface area contributed by atoms with E-state index in [9.17, 15) is 0 Å².